The molecule has 9 aliphatic carbocycles. The lowest BCUT2D eigenvalue weighted by Crippen LogP contribution is -2.62. The van der Waals surface area contributed by atoms with E-state index in [0.29, 0.717) is 107 Å². The highest BCUT2D eigenvalue weighted by Crippen LogP contribution is 2.64. The highest BCUT2D eigenvalue weighted by atomic mass is 16.7. The van der Waals surface area contributed by atoms with Crippen molar-refractivity contribution < 1.29 is 79.0 Å². The number of carbonyl (C=O) groups is 6. The Hall–Kier alpha value is -8.42. The van der Waals surface area contributed by atoms with Gasteiger partial charge in [0.2, 0.25) is 17.7 Å². The Morgan fingerprint density at radius 3 is 0.901 bits per heavy atom. The van der Waals surface area contributed by atoms with E-state index in [1.165, 1.54) is 19.3 Å². The molecule has 714 valence electrons. The van der Waals surface area contributed by atoms with Crippen LogP contribution in [0.2, 0.25) is 0 Å². The van der Waals surface area contributed by atoms with Gasteiger partial charge in [0.1, 0.15) is 36.4 Å². The van der Waals surface area contributed by atoms with Gasteiger partial charge in [0.05, 0.1) is 63.3 Å². The molecule has 18 rings (SSSR count). The van der Waals surface area contributed by atoms with Crippen LogP contribution in [0.3, 0.4) is 0 Å². The number of fused-ring (bicyclic) bond motifs is 6. The summed E-state index contributed by atoms with van der Waals surface area (Å²) < 4.78 is 0. The van der Waals surface area contributed by atoms with Gasteiger partial charge >= 0.3 is 5.97 Å². The summed E-state index contributed by atoms with van der Waals surface area (Å²) in [5, 5.41) is 92.9. The summed E-state index contributed by atoms with van der Waals surface area (Å²) in [4.78, 5) is 102. The third-order valence-corrected chi connectivity index (χ3v) is 32.6. The molecule has 6 aromatic carbocycles. The summed E-state index contributed by atoms with van der Waals surface area (Å²) >= 11 is 0. The molecule has 24 atom stereocenters. The van der Waals surface area contributed by atoms with Crippen molar-refractivity contribution in [1.29, 1.82) is 0 Å². The average molecular weight is 1810 g/mol. The quantitative estimate of drug-likeness (QED) is 0.0179. The number of hydroxylamine groups is 6. The summed E-state index contributed by atoms with van der Waals surface area (Å²) in [6, 6.07) is 43.6. The zero-order valence-corrected chi connectivity index (χ0v) is 79.9. The minimum absolute atomic E-state index is 0.0730. The second-order valence-electron chi connectivity index (χ2n) is 40.9. The molecule has 6 aromatic rings. The van der Waals surface area contributed by atoms with E-state index in [2.05, 4.69) is 126 Å². The molecule has 0 unspecified atom stereocenters. The molecule has 6 bridgehead atoms. The molecule has 3 saturated heterocycles. The van der Waals surface area contributed by atoms with E-state index in [1.807, 2.05) is 127 Å². The third kappa shape index (κ3) is 21.9. The molecule has 9 saturated carbocycles. The van der Waals surface area contributed by atoms with Crippen LogP contribution in [0.25, 0.3) is 33.4 Å². The van der Waals surface area contributed by atoms with Crippen LogP contribution < -0.4 is 26.6 Å². The van der Waals surface area contributed by atoms with E-state index in [9.17, 15) is 64.5 Å². The van der Waals surface area contributed by atoms with Crippen LogP contribution in [0, 0.1) is 87.3 Å². The number of likely N-dealkylation sites (N-methyl/N-ethyl adjacent to an activating group) is 2. The Bertz CT molecular complexity index is 4700. The van der Waals surface area contributed by atoms with E-state index >= 15 is 0 Å². The zero-order valence-electron chi connectivity index (χ0n) is 79.9. The number of nitrogens with zero attached hydrogens (tertiary/aromatic N) is 5. The Balaban J connectivity index is 0.000000168. The number of carbonyl (C=O) groups excluding carboxylic acids is 5. The van der Waals surface area contributed by atoms with E-state index in [-0.39, 0.29) is 79.6 Å². The lowest BCUT2D eigenvalue weighted by molar-refractivity contribution is -0.183. The lowest BCUT2D eigenvalue weighted by Gasteiger charge is -2.62. The van der Waals surface area contributed by atoms with E-state index in [0.717, 1.165) is 109 Å². The summed E-state index contributed by atoms with van der Waals surface area (Å²) in [6.45, 7) is 40.7. The molecule has 0 spiro atoms. The van der Waals surface area contributed by atoms with E-state index < -0.39 is 78.5 Å². The fourth-order valence-corrected chi connectivity index (χ4v) is 24.0. The maximum Gasteiger partial charge on any atom is 0.335 e. The fourth-order valence-electron chi connectivity index (χ4n) is 24.0. The molecular weight excluding hydrogens is 1660 g/mol. The average Bonchev–Trinajstić information content (AvgIpc) is 1.73. The third-order valence-electron chi connectivity index (χ3n) is 32.6. The van der Waals surface area contributed by atoms with Gasteiger partial charge in [0.25, 0.3) is 11.8 Å². The number of carboxylic acids is 1. The number of aromatic carboxylic acids is 1. The Kier molecular flexibility index (Phi) is 32.9. The van der Waals surface area contributed by atoms with Gasteiger partial charge in [-0.3, -0.25) is 38.5 Å². The van der Waals surface area contributed by atoms with Crippen molar-refractivity contribution in [3.63, 3.8) is 0 Å². The van der Waals surface area contributed by atoms with Gasteiger partial charge in [-0.05, 0) is 260 Å². The van der Waals surface area contributed by atoms with Gasteiger partial charge in [0, 0.05) is 73.2 Å². The maximum absolute atomic E-state index is 14.0. The first-order valence-electron chi connectivity index (χ1n) is 48.4. The molecule has 12 N–H and O–H groups in total. The summed E-state index contributed by atoms with van der Waals surface area (Å²) in [7, 11) is 0. The molecule has 26 nitrogen and oxygen atoms in total. The smallest absolute Gasteiger partial charge is 0.335 e. The largest absolute Gasteiger partial charge is 0.478 e. The number of nitrogens with one attached hydrogen (secondary N) is 5. The lowest BCUT2D eigenvalue weighted by atomic mass is 9.45. The number of rotatable bonds is 34. The number of carboxylic acid groups (broad SMARTS) is 1. The van der Waals surface area contributed by atoms with E-state index in [1.54, 1.807) is 54.2 Å². The molecular formula is C105H148N10O16. The molecule has 131 heavy (non-hydrogen) atoms. The number of hydrogen-bond acceptors (Lipinski definition) is 20. The first-order chi connectivity index (χ1) is 62.5. The van der Waals surface area contributed by atoms with Crippen molar-refractivity contribution in [1.82, 2.24) is 51.6 Å². The fraction of sp³-hybridized carbons (Fsp3) is 0.600. The molecule has 12 fully saturated rings. The monoisotopic (exact) mass is 1810 g/mol. The van der Waals surface area contributed by atoms with Crippen LogP contribution in [0.5, 0.6) is 0 Å². The van der Waals surface area contributed by atoms with Crippen molar-refractivity contribution >= 4 is 35.5 Å². The van der Waals surface area contributed by atoms with Crippen molar-refractivity contribution in [2.75, 3.05) is 72.2 Å². The normalized spacial score (nSPS) is 30.2. The highest BCUT2D eigenvalue weighted by molar-refractivity contribution is 5.96. The van der Waals surface area contributed by atoms with Crippen molar-refractivity contribution in [2.45, 2.75) is 242 Å². The van der Waals surface area contributed by atoms with Crippen LogP contribution in [0.15, 0.2) is 146 Å². The summed E-state index contributed by atoms with van der Waals surface area (Å²) in [6.07, 6.45) is 1.91. The predicted octanol–water partition coefficient (Wildman–Crippen LogP) is 11.9. The zero-order chi connectivity index (χ0) is 94.4. The van der Waals surface area contributed by atoms with Crippen LogP contribution >= 0.6 is 0 Å². The van der Waals surface area contributed by atoms with Gasteiger partial charge in [-0.2, -0.15) is 15.2 Å². The molecule has 5 amide bonds. The van der Waals surface area contributed by atoms with Gasteiger partial charge in [0.15, 0.2) is 0 Å². The minimum atomic E-state index is -0.986. The Labute approximate surface area is 775 Å². The standard InChI is InChI=1S/2C37H54N4O5.C31H40N2O6/c2*1-7-40(8-2)16-15-38-35(44)28-14-10-13-27(18-28)26-12-9-11-25(17-26)21-41-34(33(24(4)43)32(22-42)46-41)36(45)39-31-20-29-19-30(23(31)3)37(29,5)6;1-17-24-13-23(31(24,3)4)14-25(17)32-29(36)28-27(18(2)35)26(16-34)39-33(28)15-19-7-5-8-20(11-19)21-9-6-10-22(12-21)30(37)38/h2*9-14,17-18,23-24,29-34,42-43H,7-8,15-16,19-22H2,1-6H3,(H,38,44)(H,39,45);5-12,17-18,23-28,34-35H,13-16H2,1-4H3,(H,32,36)(H,37,38)/t2*23-,24-,29+,30-,31-,32-,33+,34-;17-,18-,23+,24-,25-,26-,27+,28-/m000/s1. The van der Waals surface area contributed by atoms with Crippen LogP contribution in [-0.4, -0.2) is 241 Å². The first-order valence-corrected chi connectivity index (χ1v) is 48.4. The second kappa shape index (κ2) is 43.1. The highest BCUT2D eigenvalue weighted by Gasteiger charge is 2.61. The molecule has 0 radical (unpaired) electrons. The SMILES string of the molecule is CCN(CC)CCNC(=O)c1cccc(-c2cccc(CN3O[C@@H](CO)[C@@H]([C@H](C)O)[C@H]3C(=O)N[C@H]3C[C@H]4C[C@@H]([C@@H]3C)C4(C)C)c2)c1.CCN(CC)CCNC(=O)c1cccc(-c2cccc(CN3O[C@@H](CO)[C@@H]([C@H](C)O)[C@H]3C(=O)N[C@H]3C[C@H]4C[C@@H]([C@@H]3C)C4(C)C)c2)c1.C[C@@H]1[C@@H](NC(=O)[C@@H]2[C@H]([C@H](C)O)[C@H](CO)ON2Cc2cccc(-c3cccc(C(=O)O)c3)c2)C[C@H]2C[C@@H]1C2(C)C. The Morgan fingerprint density at radius 2 is 0.656 bits per heavy atom. The molecule has 0 aromatic heterocycles. The second-order valence-corrected chi connectivity index (χ2v) is 40.9. The van der Waals surface area contributed by atoms with Gasteiger partial charge < -0.3 is 72.1 Å². The minimum Gasteiger partial charge on any atom is -0.478 e. The summed E-state index contributed by atoms with van der Waals surface area (Å²) in [5.41, 5.74) is 10.4. The topological polar surface area (TPSA) is 348 Å². The van der Waals surface area contributed by atoms with Gasteiger partial charge in [-0.25, -0.2) is 4.79 Å². The van der Waals surface area contributed by atoms with Gasteiger partial charge in [-0.1, -0.05) is 181 Å². The molecule has 12 aliphatic rings. The molecule has 26 heteroatoms. The van der Waals surface area contributed by atoms with Gasteiger partial charge in [-0.15, -0.1) is 0 Å². The van der Waals surface area contributed by atoms with E-state index in [4.69, 9.17) is 14.5 Å². The predicted molar refractivity (Wildman–Crippen MR) is 505 cm³/mol. The van der Waals surface area contributed by atoms with Crippen LogP contribution in [0.1, 0.15) is 197 Å². The maximum atomic E-state index is 14.0. The first kappa shape index (κ1) is 100. The van der Waals surface area contributed by atoms with Crippen LogP contribution in [0.4, 0.5) is 0 Å². The van der Waals surface area contributed by atoms with Crippen molar-refractivity contribution in [3.8, 4) is 33.4 Å². The number of aliphatic hydroxyl groups is 6. The van der Waals surface area contributed by atoms with Crippen molar-refractivity contribution in [3.05, 3.63) is 179 Å². The molecule has 3 aliphatic heterocycles. The summed E-state index contributed by atoms with van der Waals surface area (Å²) in [5.74, 6) is 1.24. The number of aliphatic hydroxyl groups excluding tert-OH is 6. The van der Waals surface area contributed by atoms with Crippen molar-refractivity contribution in [2.24, 2.45) is 87.3 Å². The number of benzene rings is 6. The molecule has 3 heterocycles. The number of amides is 5. The van der Waals surface area contributed by atoms with Crippen LogP contribution in [-0.2, 0) is 48.5 Å². The Morgan fingerprint density at radius 1 is 0.397 bits per heavy atom. The number of hydrogen-bond donors (Lipinski definition) is 12.